The summed E-state index contributed by atoms with van der Waals surface area (Å²) in [6.07, 6.45) is 0.739. The van der Waals surface area contributed by atoms with E-state index in [1.807, 2.05) is 6.92 Å². The normalized spacial score (nSPS) is 9.69. The Morgan fingerprint density at radius 2 is 2.08 bits per heavy atom. The number of amides is 1. The van der Waals surface area contributed by atoms with E-state index in [1.165, 1.54) is 12.0 Å². The molecule has 0 heterocycles. The van der Waals surface area contributed by atoms with Gasteiger partial charge in [-0.15, -0.1) is 0 Å². The van der Waals surface area contributed by atoms with Gasteiger partial charge in [-0.1, -0.05) is 6.92 Å². The van der Waals surface area contributed by atoms with Crippen molar-refractivity contribution in [2.24, 2.45) is 0 Å². The molecule has 0 atom stereocenters. The molecule has 13 heavy (non-hydrogen) atoms. The van der Waals surface area contributed by atoms with E-state index in [0.717, 1.165) is 6.42 Å². The van der Waals surface area contributed by atoms with Crippen LogP contribution in [0.5, 0.6) is 0 Å². The Bertz CT molecular complexity index is 181. The number of hydrogen-bond acceptors (Lipinski definition) is 3. The van der Waals surface area contributed by atoms with Gasteiger partial charge >= 0.3 is 5.97 Å². The molecule has 0 bridgehead atoms. The van der Waals surface area contributed by atoms with Crippen LogP contribution in [-0.2, 0) is 14.3 Å². The van der Waals surface area contributed by atoms with Crippen LogP contribution in [-0.4, -0.2) is 48.7 Å². The maximum atomic E-state index is 11.2. The highest BCUT2D eigenvalue weighted by molar-refractivity contribution is 5.82. The van der Waals surface area contributed by atoms with Gasteiger partial charge in [0.15, 0.2) is 0 Å². The third kappa shape index (κ3) is 5.19. The van der Waals surface area contributed by atoms with Gasteiger partial charge in [-0.25, -0.2) is 0 Å². The van der Waals surface area contributed by atoms with Crippen LogP contribution in [0.15, 0.2) is 0 Å². The van der Waals surface area contributed by atoms with Crippen molar-refractivity contribution < 1.29 is 19.4 Å². The summed E-state index contributed by atoms with van der Waals surface area (Å²) in [6.45, 7) is 2.02. The summed E-state index contributed by atoms with van der Waals surface area (Å²) in [5.41, 5.74) is 0. The molecular weight excluding hydrogens is 174 g/mol. The Morgan fingerprint density at radius 3 is 2.46 bits per heavy atom. The summed E-state index contributed by atoms with van der Waals surface area (Å²) in [4.78, 5) is 22.8. The number of aliphatic carboxylic acids is 1. The van der Waals surface area contributed by atoms with E-state index >= 15 is 0 Å². The van der Waals surface area contributed by atoms with Crippen molar-refractivity contribution in [2.75, 3.05) is 26.8 Å². The van der Waals surface area contributed by atoms with Gasteiger partial charge in [-0.2, -0.15) is 0 Å². The smallest absolute Gasteiger partial charge is 0.323 e. The van der Waals surface area contributed by atoms with Crippen molar-refractivity contribution in [2.45, 2.75) is 13.3 Å². The molecule has 0 radical (unpaired) electrons. The molecule has 0 rings (SSSR count). The second-order valence-electron chi connectivity index (χ2n) is 2.64. The highest BCUT2D eigenvalue weighted by atomic mass is 16.5. The van der Waals surface area contributed by atoms with Crippen LogP contribution in [0.3, 0.4) is 0 Å². The largest absolute Gasteiger partial charge is 0.480 e. The van der Waals surface area contributed by atoms with Crippen LogP contribution in [0.2, 0.25) is 0 Å². The lowest BCUT2D eigenvalue weighted by Gasteiger charge is -2.19. The molecule has 0 aromatic carbocycles. The summed E-state index contributed by atoms with van der Waals surface area (Å²) in [5.74, 6) is -1.29. The van der Waals surface area contributed by atoms with Crippen LogP contribution < -0.4 is 0 Å². The average Bonchev–Trinajstić information content (AvgIpc) is 2.03. The lowest BCUT2D eigenvalue weighted by atomic mass is 10.4. The maximum absolute atomic E-state index is 11.2. The predicted molar refractivity (Wildman–Crippen MR) is 46.4 cm³/mol. The Morgan fingerprint density at radius 1 is 1.46 bits per heavy atom. The molecule has 1 N–H and O–H groups in total. The van der Waals surface area contributed by atoms with E-state index in [1.54, 1.807) is 0 Å². The van der Waals surface area contributed by atoms with Crippen LogP contribution in [0.4, 0.5) is 0 Å². The second kappa shape index (κ2) is 6.42. The minimum Gasteiger partial charge on any atom is -0.480 e. The molecule has 0 saturated heterocycles. The Kier molecular flexibility index (Phi) is 5.88. The van der Waals surface area contributed by atoms with Crippen molar-refractivity contribution in [1.82, 2.24) is 4.90 Å². The number of ether oxygens (including phenoxy) is 1. The van der Waals surface area contributed by atoms with Crippen LogP contribution in [0, 0.1) is 0 Å². The summed E-state index contributed by atoms with van der Waals surface area (Å²) >= 11 is 0. The van der Waals surface area contributed by atoms with E-state index in [4.69, 9.17) is 5.11 Å². The van der Waals surface area contributed by atoms with Gasteiger partial charge in [0.2, 0.25) is 5.91 Å². The second-order valence-corrected chi connectivity index (χ2v) is 2.64. The fraction of sp³-hybridized carbons (Fsp3) is 0.750. The zero-order valence-corrected chi connectivity index (χ0v) is 7.95. The molecule has 0 aromatic heterocycles. The number of carbonyl (C=O) groups excluding carboxylic acids is 1. The van der Waals surface area contributed by atoms with Crippen LogP contribution in [0.25, 0.3) is 0 Å². The minimum absolute atomic E-state index is 0.0622. The molecule has 0 unspecified atom stereocenters. The van der Waals surface area contributed by atoms with Crippen molar-refractivity contribution in [3.63, 3.8) is 0 Å². The van der Waals surface area contributed by atoms with Gasteiger partial charge in [-0.05, 0) is 6.42 Å². The number of hydrogen-bond donors (Lipinski definition) is 1. The van der Waals surface area contributed by atoms with Crippen molar-refractivity contribution >= 4 is 11.9 Å². The standard InChI is InChI=1S/C8H15NO4/c1-3-4-9(5-8(11)12)7(10)6-13-2/h3-6H2,1-2H3,(H,11,12). The zero-order chi connectivity index (χ0) is 10.3. The number of carboxylic acid groups (broad SMARTS) is 1. The van der Waals surface area contributed by atoms with E-state index in [9.17, 15) is 9.59 Å². The third-order valence-electron chi connectivity index (χ3n) is 1.44. The third-order valence-corrected chi connectivity index (χ3v) is 1.44. The molecule has 0 aliphatic heterocycles. The number of rotatable bonds is 6. The quantitative estimate of drug-likeness (QED) is 0.636. The molecule has 1 amide bonds. The van der Waals surface area contributed by atoms with Gasteiger partial charge < -0.3 is 14.7 Å². The zero-order valence-electron chi connectivity index (χ0n) is 7.95. The van der Waals surface area contributed by atoms with Crippen molar-refractivity contribution in [1.29, 1.82) is 0 Å². The maximum Gasteiger partial charge on any atom is 0.323 e. The SMILES string of the molecule is CCCN(CC(=O)O)C(=O)COC. The Hall–Kier alpha value is -1.10. The molecule has 0 aliphatic rings. The van der Waals surface area contributed by atoms with Gasteiger partial charge in [0.25, 0.3) is 0 Å². The highest BCUT2D eigenvalue weighted by Crippen LogP contribution is 1.93. The van der Waals surface area contributed by atoms with Crippen molar-refractivity contribution in [3.8, 4) is 0 Å². The fourth-order valence-corrected chi connectivity index (χ4v) is 0.940. The molecule has 5 heteroatoms. The first-order chi connectivity index (χ1) is 6.11. The first kappa shape index (κ1) is 11.9. The summed E-state index contributed by atoms with van der Waals surface area (Å²) < 4.78 is 4.63. The first-order valence-corrected chi connectivity index (χ1v) is 4.10. The number of methoxy groups -OCH3 is 1. The van der Waals surface area contributed by atoms with Gasteiger partial charge in [0.05, 0.1) is 0 Å². The number of carboxylic acids is 1. The molecule has 76 valence electrons. The van der Waals surface area contributed by atoms with E-state index in [2.05, 4.69) is 4.74 Å². The van der Waals surface area contributed by atoms with Crippen molar-refractivity contribution in [3.05, 3.63) is 0 Å². The van der Waals surface area contributed by atoms with E-state index in [0.29, 0.717) is 6.54 Å². The van der Waals surface area contributed by atoms with E-state index < -0.39 is 5.97 Å². The van der Waals surface area contributed by atoms with Gasteiger partial charge in [0, 0.05) is 13.7 Å². The highest BCUT2D eigenvalue weighted by Gasteiger charge is 2.14. The van der Waals surface area contributed by atoms with Crippen LogP contribution >= 0.6 is 0 Å². The monoisotopic (exact) mass is 189 g/mol. The topological polar surface area (TPSA) is 66.8 Å². The van der Waals surface area contributed by atoms with Gasteiger partial charge in [0.1, 0.15) is 13.2 Å². The van der Waals surface area contributed by atoms with Gasteiger partial charge in [-0.3, -0.25) is 9.59 Å². The number of carbonyl (C=O) groups is 2. The lowest BCUT2D eigenvalue weighted by molar-refractivity contribution is -0.146. The predicted octanol–water partition coefficient (Wildman–Crippen LogP) is -0.0440. The number of nitrogens with zero attached hydrogens (tertiary/aromatic N) is 1. The fourth-order valence-electron chi connectivity index (χ4n) is 0.940. The van der Waals surface area contributed by atoms with Crippen LogP contribution in [0.1, 0.15) is 13.3 Å². The first-order valence-electron chi connectivity index (χ1n) is 4.10. The summed E-state index contributed by atoms with van der Waals surface area (Å²) in [5, 5.41) is 8.49. The molecule has 0 aliphatic carbocycles. The Balaban J connectivity index is 4.06. The average molecular weight is 189 g/mol. The molecule has 0 spiro atoms. The Labute approximate surface area is 77.3 Å². The lowest BCUT2D eigenvalue weighted by Crippen LogP contribution is -2.38. The molecular formula is C8H15NO4. The summed E-state index contributed by atoms with van der Waals surface area (Å²) in [6, 6.07) is 0. The molecule has 0 fully saturated rings. The molecule has 5 nitrogen and oxygen atoms in total. The molecule has 0 aromatic rings. The summed E-state index contributed by atoms with van der Waals surface area (Å²) in [7, 11) is 1.41. The minimum atomic E-state index is -1.00. The molecule has 0 saturated carbocycles. The van der Waals surface area contributed by atoms with E-state index in [-0.39, 0.29) is 19.1 Å².